The lowest BCUT2D eigenvalue weighted by molar-refractivity contribution is -0.118. The van der Waals surface area contributed by atoms with Gasteiger partial charge in [0, 0.05) is 13.0 Å². The Balaban J connectivity index is 1.93. The van der Waals surface area contributed by atoms with Crippen LogP contribution in [0.15, 0.2) is 11.7 Å². The number of anilines is 1. The van der Waals surface area contributed by atoms with Gasteiger partial charge in [-0.25, -0.2) is 9.97 Å². The second-order valence-corrected chi connectivity index (χ2v) is 5.05. The molecule has 0 fully saturated rings. The summed E-state index contributed by atoms with van der Waals surface area (Å²) in [6, 6.07) is 0. The van der Waals surface area contributed by atoms with Gasteiger partial charge in [0.25, 0.3) is 0 Å². The van der Waals surface area contributed by atoms with E-state index in [9.17, 15) is 4.79 Å². The van der Waals surface area contributed by atoms with Crippen molar-refractivity contribution in [3.8, 4) is 0 Å². The van der Waals surface area contributed by atoms with Gasteiger partial charge in [0.1, 0.15) is 12.1 Å². The number of unbranched alkanes of at least 4 members (excludes halogenated alkanes) is 1. The Hall–Kier alpha value is -1.69. The average molecular weight is 264 g/mol. The van der Waals surface area contributed by atoms with Gasteiger partial charge in [-0.15, -0.1) is 11.3 Å². The van der Waals surface area contributed by atoms with Crippen molar-refractivity contribution in [1.29, 1.82) is 0 Å². The normalized spacial score (nSPS) is 10.7. The fourth-order valence-electron chi connectivity index (χ4n) is 1.73. The molecule has 0 spiro atoms. The van der Waals surface area contributed by atoms with Gasteiger partial charge in [0.2, 0.25) is 5.91 Å². The van der Waals surface area contributed by atoms with Crippen LogP contribution in [0.5, 0.6) is 0 Å². The predicted molar refractivity (Wildman–Crippen MR) is 73.7 cm³/mol. The zero-order chi connectivity index (χ0) is 13.0. The van der Waals surface area contributed by atoms with Gasteiger partial charge in [0.05, 0.1) is 10.2 Å². The maximum absolute atomic E-state index is 10.6. The number of carbonyl (C=O) groups excluding carboxylic acids is 1. The highest BCUT2D eigenvalue weighted by Gasteiger charge is 2.07. The maximum Gasteiger partial charge on any atom is 0.217 e. The molecule has 2 aromatic heterocycles. The molecule has 0 bridgehead atoms. The first-order chi connectivity index (χ1) is 8.68. The Morgan fingerprint density at radius 3 is 3.06 bits per heavy atom. The fraction of sp³-hybridized carbons (Fsp3) is 0.417. The lowest BCUT2D eigenvalue weighted by Gasteiger charge is -2.05. The summed E-state index contributed by atoms with van der Waals surface area (Å²) in [6.07, 6.45) is 3.73. The summed E-state index contributed by atoms with van der Waals surface area (Å²) in [6.45, 7) is 2.83. The monoisotopic (exact) mass is 264 g/mol. The van der Waals surface area contributed by atoms with Crippen LogP contribution >= 0.6 is 11.3 Å². The van der Waals surface area contributed by atoms with Crippen molar-refractivity contribution in [3.63, 3.8) is 0 Å². The van der Waals surface area contributed by atoms with Crippen LogP contribution in [-0.4, -0.2) is 22.4 Å². The van der Waals surface area contributed by atoms with E-state index in [1.807, 2.05) is 6.92 Å². The summed E-state index contributed by atoms with van der Waals surface area (Å²) >= 11 is 1.65. The first kappa shape index (κ1) is 12.8. The van der Waals surface area contributed by atoms with Crippen molar-refractivity contribution in [1.82, 2.24) is 9.97 Å². The van der Waals surface area contributed by atoms with Crippen molar-refractivity contribution in [2.45, 2.75) is 26.2 Å². The third-order valence-corrected chi connectivity index (χ3v) is 3.77. The molecule has 1 amide bonds. The molecular weight excluding hydrogens is 248 g/mol. The van der Waals surface area contributed by atoms with E-state index >= 15 is 0 Å². The van der Waals surface area contributed by atoms with Crippen molar-refractivity contribution in [2.24, 2.45) is 5.73 Å². The van der Waals surface area contributed by atoms with E-state index in [4.69, 9.17) is 5.73 Å². The standard InChI is InChI=1S/C12H16N4OS/c1-8-6-18-11-10(8)15-7-16-12(11)14-5-3-2-4-9(13)17/h6-7H,2-5H2,1H3,(H2,13,17)(H,14,15,16). The second kappa shape index (κ2) is 5.77. The molecule has 6 heteroatoms. The van der Waals surface area contributed by atoms with E-state index < -0.39 is 0 Å². The van der Waals surface area contributed by atoms with Gasteiger partial charge in [0.15, 0.2) is 0 Å². The predicted octanol–water partition coefficient (Wildman–Crippen LogP) is 2.07. The number of aromatic nitrogens is 2. The number of amides is 1. The molecule has 96 valence electrons. The second-order valence-electron chi connectivity index (χ2n) is 4.17. The Bertz CT molecular complexity index is 552. The lowest BCUT2D eigenvalue weighted by Crippen LogP contribution is -2.11. The van der Waals surface area contributed by atoms with Crippen molar-refractivity contribution in [3.05, 3.63) is 17.3 Å². The molecule has 0 atom stereocenters. The van der Waals surface area contributed by atoms with Crippen LogP contribution < -0.4 is 11.1 Å². The van der Waals surface area contributed by atoms with Crippen molar-refractivity contribution < 1.29 is 4.79 Å². The molecule has 0 aliphatic heterocycles. The first-order valence-electron chi connectivity index (χ1n) is 5.89. The Morgan fingerprint density at radius 1 is 1.44 bits per heavy atom. The fourth-order valence-corrected chi connectivity index (χ4v) is 2.69. The zero-order valence-corrected chi connectivity index (χ0v) is 11.1. The first-order valence-corrected chi connectivity index (χ1v) is 6.77. The van der Waals surface area contributed by atoms with E-state index in [-0.39, 0.29) is 5.91 Å². The highest BCUT2D eigenvalue weighted by Crippen LogP contribution is 2.28. The number of hydrogen-bond acceptors (Lipinski definition) is 5. The molecule has 0 aliphatic carbocycles. The minimum Gasteiger partial charge on any atom is -0.370 e. The molecule has 2 heterocycles. The van der Waals surface area contributed by atoms with E-state index in [1.165, 1.54) is 5.56 Å². The Morgan fingerprint density at radius 2 is 2.28 bits per heavy atom. The number of carbonyl (C=O) groups is 1. The molecule has 18 heavy (non-hydrogen) atoms. The molecule has 0 radical (unpaired) electrons. The number of primary amides is 1. The van der Waals surface area contributed by atoms with Crippen LogP contribution in [0.25, 0.3) is 10.2 Å². The third kappa shape index (κ3) is 2.95. The topological polar surface area (TPSA) is 80.9 Å². The minimum atomic E-state index is -0.242. The molecule has 3 N–H and O–H groups in total. The summed E-state index contributed by atoms with van der Waals surface area (Å²) in [5, 5.41) is 5.36. The number of rotatable bonds is 6. The summed E-state index contributed by atoms with van der Waals surface area (Å²) in [5.74, 6) is 0.630. The van der Waals surface area contributed by atoms with Crippen LogP contribution in [0, 0.1) is 6.92 Å². The highest BCUT2D eigenvalue weighted by molar-refractivity contribution is 7.18. The summed E-state index contributed by atoms with van der Waals surface area (Å²) in [7, 11) is 0. The van der Waals surface area contributed by atoms with E-state index in [0.717, 1.165) is 35.4 Å². The number of nitrogens with two attached hydrogens (primary N) is 1. The van der Waals surface area contributed by atoms with Gasteiger partial charge in [-0.05, 0) is 30.7 Å². The van der Waals surface area contributed by atoms with Crippen LogP contribution in [0.3, 0.4) is 0 Å². The molecular formula is C12H16N4OS. The Kier molecular flexibility index (Phi) is 4.09. The van der Waals surface area contributed by atoms with Crippen molar-refractivity contribution >= 4 is 33.3 Å². The SMILES string of the molecule is Cc1csc2c(NCCCCC(N)=O)ncnc12. The summed E-state index contributed by atoms with van der Waals surface area (Å²) in [4.78, 5) is 19.1. The number of nitrogens with one attached hydrogen (secondary N) is 1. The number of hydrogen-bond donors (Lipinski definition) is 2. The molecule has 0 saturated heterocycles. The number of nitrogens with zero attached hydrogens (tertiary/aromatic N) is 2. The average Bonchev–Trinajstić information content (AvgIpc) is 2.71. The quantitative estimate of drug-likeness (QED) is 0.783. The number of thiophene rings is 1. The molecule has 2 rings (SSSR count). The van der Waals surface area contributed by atoms with Crippen LogP contribution in [-0.2, 0) is 4.79 Å². The van der Waals surface area contributed by atoms with Gasteiger partial charge < -0.3 is 11.1 Å². The minimum absolute atomic E-state index is 0.242. The van der Waals surface area contributed by atoms with Crippen LogP contribution in [0.1, 0.15) is 24.8 Å². The highest BCUT2D eigenvalue weighted by atomic mass is 32.1. The third-order valence-electron chi connectivity index (χ3n) is 2.67. The molecule has 0 aromatic carbocycles. The zero-order valence-electron chi connectivity index (χ0n) is 10.3. The lowest BCUT2D eigenvalue weighted by atomic mass is 10.2. The van der Waals surface area contributed by atoms with Crippen molar-refractivity contribution in [2.75, 3.05) is 11.9 Å². The summed E-state index contributed by atoms with van der Waals surface area (Å²) < 4.78 is 1.09. The summed E-state index contributed by atoms with van der Waals surface area (Å²) in [5.41, 5.74) is 7.27. The van der Waals surface area contributed by atoms with Crippen LogP contribution in [0.4, 0.5) is 5.82 Å². The van der Waals surface area contributed by atoms with Gasteiger partial charge in [-0.3, -0.25) is 4.79 Å². The van der Waals surface area contributed by atoms with Gasteiger partial charge in [-0.2, -0.15) is 0 Å². The Labute approximate surface area is 109 Å². The number of fused-ring (bicyclic) bond motifs is 1. The largest absolute Gasteiger partial charge is 0.370 e. The smallest absolute Gasteiger partial charge is 0.217 e. The molecule has 0 unspecified atom stereocenters. The van der Waals surface area contributed by atoms with E-state index in [0.29, 0.717) is 6.42 Å². The molecule has 5 nitrogen and oxygen atoms in total. The van der Waals surface area contributed by atoms with Gasteiger partial charge >= 0.3 is 0 Å². The van der Waals surface area contributed by atoms with E-state index in [1.54, 1.807) is 17.7 Å². The molecule has 2 aromatic rings. The van der Waals surface area contributed by atoms with Crippen LogP contribution in [0.2, 0.25) is 0 Å². The van der Waals surface area contributed by atoms with E-state index in [2.05, 4.69) is 20.7 Å². The maximum atomic E-state index is 10.6. The molecule has 0 aliphatic rings. The van der Waals surface area contributed by atoms with Gasteiger partial charge in [-0.1, -0.05) is 0 Å². The molecule has 0 saturated carbocycles. The number of aryl methyl sites for hydroxylation is 1.